The Morgan fingerprint density at radius 3 is 2.95 bits per heavy atom. The molecule has 0 saturated heterocycles. The van der Waals surface area contributed by atoms with Gasteiger partial charge in [0.25, 0.3) is 5.91 Å². The fourth-order valence-corrected chi connectivity index (χ4v) is 3.43. The van der Waals surface area contributed by atoms with Crippen LogP contribution in [0.5, 0.6) is 0 Å². The van der Waals surface area contributed by atoms with Gasteiger partial charge < -0.3 is 10.6 Å². The van der Waals surface area contributed by atoms with E-state index in [1.807, 2.05) is 30.3 Å². The van der Waals surface area contributed by atoms with Crippen molar-refractivity contribution in [3.8, 4) is 0 Å². The summed E-state index contributed by atoms with van der Waals surface area (Å²) in [5.41, 5.74) is 3.72. The monoisotopic (exact) mass is 412 g/mol. The number of amides is 1. The molecule has 0 fully saturated rings. The van der Waals surface area contributed by atoms with Gasteiger partial charge in [-0.15, -0.1) is 0 Å². The van der Waals surface area contributed by atoms with E-state index in [0.29, 0.717) is 10.7 Å². The fraction of sp³-hybridized carbons (Fsp3) is 0.188. The van der Waals surface area contributed by atoms with Crippen LogP contribution in [0, 0.1) is 3.57 Å². The molecule has 2 aromatic rings. The van der Waals surface area contributed by atoms with Gasteiger partial charge in [-0.05, 0) is 70.9 Å². The van der Waals surface area contributed by atoms with Crippen molar-refractivity contribution in [2.24, 2.45) is 0 Å². The number of carbonyl (C=O) groups excluding carboxylic acids is 1. The average Bonchev–Trinajstić information content (AvgIpc) is 2.49. The largest absolute Gasteiger partial charge is 0.321 e. The summed E-state index contributed by atoms with van der Waals surface area (Å²) in [4.78, 5) is 12.5. The van der Waals surface area contributed by atoms with Crippen molar-refractivity contribution in [2.75, 3.05) is 11.9 Å². The first-order chi connectivity index (χ1) is 10.1. The zero-order valence-corrected chi connectivity index (χ0v) is 14.2. The van der Waals surface area contributed by atoms with Crippen LogP contribution in [-0.4, -0.2) is 12.5 Å². The molecule has 3 nitrogen and oxygen atoms in total. The summed E-state index contributed by atoms with van der Waals surface area (Å²) in [6.45, 7) is 1.72. The maximum atomic E-state index is 12.5. The SMILES string of the molecule is O=C(Nc1ccc(I)cc1Cl)c1cccc2c1CCNC2. The molecule has 1 aliphatic heterocycles. The van der Waals surface area contributed by atoms with Crippen molar-refractivity contribution in [3.63, 3.8) is 0 Å². The number of hydrogen-bond acceptors (Lipinski definition) is 2. The molecule has 1 heterocycles. The Morgan fingerprint density at radius 1 is 1.29 bits per heavy atom. The predicted molar refractivity (Wildman–Crippen MR) is 94.0 cm³/mol. The van der Waals surface area contributed by atoms with Gasteiger partial charge in [0, 0.05) is 15.7 Å². The molecule has 2 aromatic carbocycles. The number of halogens is 2. The third-order valence-electron chi connectivity index (χ3n) is 3.56. The predicted octanol–water partition coefficient (Wildman–Crippen LogP) is 3.84. The van der Waals surface area contributed by atoms with Gasteiger partial charge in [0.15, 0.2) is 0 Å². The third kappa shape index (κ3) is 3.22. The van der Waals surface area contributed by atoms with Gasteiger partial charge in [-0.25, -0.2) is 0 Å². The summed E-state index contributed by atoms with van der Waals surface area (Å²) in [6.07, 6.45) is 0.874. The molecule has 5 heteroatoms. The summed E-state index contributed by atoms with van der Waals surface area (Å²) in [6, 6.07) is 11.5. The summed E-state index contributed by atoms with van der Waals surface area (Å²) in [5, 5.41) is 6.78. The lowest BCUT2D eigenvalue weighted by atomic mass is 9.95. The van der Waals surface area contributed by atoms with Crippen LogP contribution in [0.1, 0.15) is 21.5 Å². The molecule has 0 atom stereocenters. The zero-order valence-electron chi connectivity index (χ0n) is 11.2. The lowest BCUT2D eigenvalue weighted by Crippen LogP contribution is -2.26. The van der Waals surface area contributed by atoms with Gasteiger partial charge in [0.2, 0.25) is 0 Å². The van der Waals surface area contributed by atoms with Crippen LogP contribution in [0.25, 0.3) is 0 Å². The van der Waals surface area contributed by atoms with Gasteiger partial charge in [-0.2, -0.15) is 0 Å². The fourth-order valence-electron chi connectivity index (χ4n) is 2.53. The Morgan fingerprint density at radius 2 is 2.14 bits per heavy atom. The van der Waals surface area contributed by atoms with E-state index in [2.05, 4.69) is 39.3 Å². The number of rotatable bonds is 2. The molecule has 0 unspecified atom stereocenters. The molecule has 1 amide bonds. The molecule has 0 bridgehead atoms. The molecule has 3 rings (SSSR count). The van der Waals surface area contributed by atoms with Crippen LogP contribution in [-0.2, 0) is 13.0 Å². The van der Waals surface area contributed by atoms with E-state index in [-0.39, 0.29) is 5.91 Å². The first-order valence-electron chi connectivity index (χ1n) is 6.73. The molecule has 0 aromatic heterocycles. The number of nitrogens with one attached hydrogen (secondary N) is 2. The van der Waals surface area contributed by atoms with Crippen LogP contribution in [0.3, 0.4) is 0 Å². The Hall–Kier alpha value is -1.11. The smallest absolute Gasteiger partial charge is 0.255 e. The standard InChI is InChI=1S/C16H14ClIN2O/c17-14-8-11(18)4-5-15(14)20-16(21)13-3-1-2-10-9-19-7-6-12(10)13/h1-5,8,19H,6-7,9H2,(H,20,21). The van der Waals surface area contributed by atoms with Gasteiger partial charge in [0.05, 0.1) is 10.7 Å². The summed E-state index contributed by atoms with van der Waals surface area (Å²) in [5.74, 6) is -0.100. The minimum atomic E-state index is -0.100. The van der Waals surface area contributed by atoms with Crippen molar-refractivity contribution in [1.29, 1.82) is 0 Å². The van der Waals surface area contributed by atoms with Gasteiger partial charge in [-0.1, -0.05) is 23.7 Å². The number of hydrogen-bond donors (Lipinski definition) is 2. The molecule has 0 aliphatic carbocycles. The van der Waals surface area contributed by atoms with Crippen molar-refractivity contribution in [1.82, 2.24) is 5.32 Å². The number of fused-ring (bicyclic) bond motifs is 1. The zero-order chi connectivity index (χ0) is 14.8. The molecule has 0 saturated carbocycles. The highest BCUT2D eigenvalue weighted by Crippen LogP contribution is 2.25. The van der Waals surface area contributed by atoms with Crippen molar-refractivity contribution < 1.29 is 4.79 Å². The Bertz CT molecular complexity index is 703. The summed E-state index contributed by atoms with van der Waals surface area (Å²) < 4.78 is 1.04. The van der Waals surface area contributed by atoms with E-state index in [1.165, 1.54) is 5.56 Å². The quantitative estimate of drug-likeness (QED) is 0.736. The molecule has 0 spiro atoms. The van der Waals surface area contributed by atoms with E-state index in [1.54, 1.807) is 0 Å². The second-order valence-electron chi connectivity index (χ2n) is 4.95. The van der Waals surface area contributed by atoms with Crippen LogP contribution in [0.15, 0.2) is 36.4 Å². The highest BCUT2D eigenvalue weighted by atomic mass is 127. The van der Waals surface area contributed by atoms with E-state index in [0.717, 1.165) is 34.2 Å². The van der Waals surface area contributed by atoms with E-state index >= 15 is 0 Å². The molecule has 108 valence electrons. The van der Waals surface area contributed by atoms with E-state index in [9.17, 15) is 4.79 Å². The molecule has 21 heavy (non-hydrogen) atoms. The topological polar surface area (TPSA) is 41.1 Å². The average molecular weight is 413 g/mol. The highest BCUT2D eigenvalue weighted by molar-refractivity contribution is 14.1. The van der Waals surface area contributed by atoms with E-state index < -0.39 is 0 Å². The van der Waals surface area contributed by atoms with Crippen molar-refractivity contribution >= 4 is 45.8 Å². The summed E-state index contributed by atoms with van der Waals surface area (Å²) in [7, 11) is 0. The maximum absolute atomic E-state index is 12.5. The molecule has 0 radical (unpaired) electrons. The third-order valence-corrected chi connectivity index (χ3v) is 4.55. The normalized spacial score (nSPS) is 13.6. The molecular weight excluding hydrogens is 399 g/mol. The second-order valence-corrected chi connectivity index (χ2v) is 6.60. The van der Waals surface area contributed by atoms with Crippen molar-refractivity contribution in [2.45, 2.75) is 13.0 Å². The maximum Gasteiger partial charge on any atom is 0.255 e. The highest BCUT2D eigenvalue weighted by Gasteiger charge is 2.17. The number of carbonyl (C=O) groups is 1. The number of anilines is 1. The minimum Gasteiger partial charge on any atom is -0.321 e. The summed E-state index contributed by atoms with van der Waals surface area (Å²) >= 11 is 8.37. The van der Waals surface area contributed by atoms with Gasteiger partial charge >= 0.3 is 0 Å². The second kappa shape index (κ2) is 6.34. The van der Waals surface area contributed by atoms with Crippen LogP contribution >= 0.6 is 34.2 Å². The first kappa shape index (κ1) is 14.8. The first-order valence-corrected chi connectivity index (χ1v) is 8.19. The molecule has 2 N–H and O–H groups in total. The van der Waals surface area contributed by atoms with Crippen molar-refractivity contribution in [3.05, 3.63) is 61.7 Å². The molecular formula is C16H14ClIN2O. The van der Waals surface area contributed by atoms with Gasteiger partial charge in [0.1, 0.15) is 0 Å². The lowest BCUT2D eigenvalue weighted by Gasteiger charge is -2.20. The Labute approximate surface area is 142 Å². The van der Waals surface area contributed by atoms with Crippen LogP contribution < -0.4 is 10.6 Å². The number of benzene rings is 2. The Balaban J connectivity index is 1.89. The minimum absolute atomic E-state index is 0.100. The molecule has 1 aliphatic rings. The lowest BCUT2D eigenvalue weighted by molar-refractivity contribution is 0.102. The van der Waals surface area contributed by atoms with Gasteiger partial charge in [-0.3, -0.25) is 4.79 Å². The Kier molecular flexibility index (Phi) is 4.47. The van der Waals surface area contributed by atoms with Crippen LogP contribution in [0.4, 0.5) is 5.69 Å². The van der Waals surface area contributed by atoms with Crippen LogP contribution in [0.2, 0.25) is 5.02 Å². The van der Waals surface area contributed by atoms with E-state index in [4.69, 9.17) is 11.6 Å².